The average molecular weight is 974 g/mol. The Kier molecular flexibility index (Phi) is 11.6. The number of halogens is 3. The van der Waals surface area contributed by atoms with Gasteiger partial charge in [-0.15, -0.1) is 0 Å². The lowest BCUT2D eigenvalue weighted by Crippen LogP contribution is -2.11. The van der Waals surface area contributed by atoms with E-state index < -0.39 is 11.7 Å². The van der Waals surface area contributed by atoms with Crippen LogP contribution in [0.5, 0.6) is 0 Å². The van der Waals surface area contributed by atoms with Crippen molar-refractivity contribution in [1.29, 1.82) is 5.26 Å². The Morgan fingerprint density at radius 3 is 1.20 bits per heavy atom. The van der Waals surface area contributed by atoms with Crippen LogP contribution in [-0.4, -0.2) is 24.5 Å². The fourth-order valence-corrected chi connectivity index (χ4v) is 9.68. The first-order valence-corrected chi connectivity index (χ1v) is 24.0. The monoisotopic (exact) mass is 973 g/mol. The third kappa shape index (κ3) is 8.84. The summed E-state index contributed by atoms with van der Waals surface area (Å²) in [6.45, 7) is 7.82. The van der Waals surface area contributed by atoms with Gasteiger partial charge in [0, 0.05) is 44.2 Å². The molecule has 3 aromatic heterocycles. The van der Waals surface area contributed by atoms with Crippen molar-refractivity contribution in [2.75, 3.05) is 0 Å². The smallest absolute Gasteiger partial charge is 0.308 e. The highest BCUT2D eigenvalue weighted by molar-refractivity contribution is 6.12. The van der Waals surface area contributed by atoms with Crippen LogP contribution in [0, 0.1) is 17.9 Å². The van der Waals surface area contributed by atoms with Crippen LogP contribution in [0.25, 0.3) is 122 Å². The second-order valence-electron chi connectivity index (χ2n) is 18.0. The molecule has 0 spiro atoms. The van der Waals surface area contributed by atoms with E-state index in [1.54, 1.807) is 12.1 Å². The van der Waals surface area contributed by atoms with Crippen LogP contribution in [0.2, 0.25) is 0 Å². The Morgan fingerprint density at radius 1 is 0.413 bits per heavy atom. The summed E-state index contributed by atoms with van der Waals surface area (Å²) in [5.41, 5.74) is 9.77. The zero-order valence-corrected chi connectivity index (χ0v) is 39.7. The van der Waals surface area contributed by atoms with E-state index in [4.69, 9.17) is 26.5 Å². The molecule has 7 nitrogen and oxygen atoms in total. The lowest BCUT2D eigenvalue weighted by molar-refractivity contribution is -0.137. The van der Waals surface area contributed by atoms with Crippen molar-refractivity contribution >= 4 is 27.5 Å². The highest BCUT2D eigenvalue weighted by atomic mass is 19.4. The summed E-state index contributed by atoms with van der Waals surface area (Å²) in [5.74, 6) is 0.0719. The van der Waals surface area contributed by atoms with E-state index in [0.29, 0.717) is 50.7 Å². The molecule has 0 radical (unpaired) electrons. The van der Waals surface area contributed by atoms with Crippen molar-refractivity contribution in [1.82, 2.24) is 24.5 Å². The topological polar surface area (TPSA) is 84.6 Å². The molecular weight excluding hydrogens is 936 g/mol. The maximum Gasteiger partial charge on any atom is 0.416 e. The molecule has 12 aromatic rings. The van der Waals surface area contributed by atoms with E-state index in [1.807, 2.05) is 211 Å². The van der Waals surface area contributed by atoms with Crippen molar-refractivity contribution < 1.29 is 13.2 Å². The van der Waals surface area contributed by atoms with E-state index in [2.05, 4.69) is 10.9 Å². The van der Waals surface area contributed by atoms with Crippen LogP contribution in [-0.2, 0) is 6.18 Å². The van der Waals surface area contributed by atoms with Crippen LogP contribution in [0.4, 0.5) is 18.9 Å². The van der Waals surface area contributed by atoms with Gasteiger partial charge in [0.1, 0.15) is 0 Å². The van der Waals surface area contributed by atoms with Crippen molar-refractivity contribution in [3.05, 3.63) is 253 Å². The molecule has 0 amide bonds. The van der Waals surface area contributed by atoms with Gasteiger partial charge in [0.05, 0.1) is 63.3 Å². The van der Waals surface area contributed by atoms with Crippen LogP contribution < -0.4 is 0 Å². The zero-order valence-electron chi connectivity index (χ0n) is 39.7. The Morgan fingerprint density at radius 2 is 0.800 bits per heavy atom. The molecule has 0 N–H and O–H groups in total. The van der Waals surface area contributed by atoms with E-state index in [9.17, 15) is 5.26 Å². The summed E-state index contributed by atoms with van der Waals surface area (Å²) in [6, 6.07) is 72.9. The molecule has 3 heterocycles. The summed E-state index contributed by atoms with van der Waals surface area (Å²) >= 11 is 0. The van der Waals surface area contributed by atoms with Gasteiger partial charge in [0.15, 0.2) is 17.3 Å². The summed E-state index contributed by atoms with van der Waals surface area (Å²) in [5, 5.41) is 11.6. The van der Waals surface area contributed by atoms with Crippen LogP contribution in [0.1, 0.15) is 11.1 Å². The molecular formula is C65H38F3N7. The summed E-state index contributed by atoms with van der Waals surface area (Å²) in [6.07, 6.45) is -4.86. The lowest BCUT2D eigenvalue weighted by Gasteiger charge is -2.22. The van der Waals surface area contributed by atoms with Gasteiger partial charge in [0.25, 0.3) is 0 Å². The molecule has 0 fully saturated rings. The number of hydrogen-bond acceptors (Lipinski definition) is 5. The third-order valence-corrected chi connectivity index (χ3v) is 13.3. The molecule has 75 heavy (non-hydrogen) atoms. The Balaban J connectivity index is 1.28. The molecule has 9 aromatic carbocycles. The molecule has 0 aliphatic rings. The van der Waals surface area contributed by atoms with E-state index in [0.717, 1.165) is 67.4 Å². The molecule has 0 unspecified atom stereocenters. The number of nitriles is 1. The number of alkyl halides is 3. The molecule has 0 bridgehead atoms. The van der Waals surface area contributed by atoms with Crippen LogP contribution in [0.3, 0.4) is 0 Å². The minimum Gasteiger partial charge on any atom is -0.308 e. The standard InChI is InChI=1S/C65H38F3N7/c1-70-51-27-15-26-47(33-51)49-29-31-53-52-30-28-48(46-25-14-16-41(32-46)40-69)34-60(52)75(61(53)35-49)62-54(63-71-56(42-17-6-2-7-18-42)38-57(72-63)43-19-8-3-9-20-43)36-50(65(66,67)68)37-55(62)64-73-58(44-21-10-4-11-22-44)39-59(74-64)45-23-12-5-13-24-45/h2-39H. The van der Waals surface area contributed by atoms with Gasteiger partial charge in [-0.2, -0.15) is 18.4 Å². The van der Waals surface area contributed by atoms with Gasteiger partial charge in [-0.05, 0) is 76.9 Å². The minimum atomic E-state index is -4.86. The normalized spacial score (nSPS) is 11.4. The number of fused-ring (bicyclic) bond motifs is 3. The summed E-state index contributed by atoms with van der Waals surface area (Å²) < 4.78 is 50.0. The fraction of sp³-hybridized carbons (Fsp3) is 0.0154. The molecule has 0 saturated carbocycles. The summed E-state index contributed by atoms with van der Waals surface area (Å²) in [7, 11) is 0. The van der Waals surface area contributed by atoms with Gasteiger partial charge in [-0.3, -0.25) is 0 Å². The average Bonchev–Trinajstić information content (AvgIpc) is 3.94. The van der Waals surface area contributed by atoms with E-state index >= 15 is 13.2 Å². The van der Waals surface area contributed by atoms with Crippen molar-refractivity contribution in [2.24, 2.45) is 0 Å². The van der Waals surface area contributed by atoms with Crippen LogP contribution in [0.15, 0.2) is 231 Å². The largest absolute Gasteiger partial charge is 0.416 e. The van der Waals surface area contributed by atoms with Gasteiger partial charge < -0.3 is 4.57 Å². The molecule has 0 atom stereocenters. The van der Waals surface area contributed by atoms with Crippen molar-refractivity contribution in [3.8, 4) is 102 Å². The van der Waals surface area contributed by atoms with E-state index in [-0.39, 0.29) is 22.8 Å². The third-order valence-electron chi connectivity index (χ3n) is 13.3. The quantitative estimate of drug-likeness (QED) is 0.135. The molecule has 10 heteroatoms. The van der Waals surface area contributed by atoms with Gasteiger partial charge >= 0.3 is 6.18 Å². The lowest BCUT2D eigenvalue weighted by atomic mass is 9.98. The number of rotatable bonds is 9. The number of aromatic nitrogens is 5. The van der Waals surface area contributed by atoms with E-state index in [1.165, 1.54) is 0 Å². The maximum absolute atomic E-state index is 16.0. The second-order valence-corrected chi connectivity index (χ2v) is 18.0. The molecule has 0 aliphatic heterocycles. The minimum absolute atomic E-state index is 0.0360. The number of hydrogen-bond donors (Lipinski definition) is 0. The number of benzene rings is 9. The first-order valence-electron chi connectivity index (χ1n) is 24.0. The fourth-order valence-electron chi connectivity index (χ4n) is 9.68. The van der Waals surface area contributed by atoms with Crippen molar-refractivity contribution in [3.63, 3.8) is 0 Å². The zero-order chi connectivity index (χ0) is 51.0. The summed E-state index contributed by atoms with van der Waals surface area (Å²) in [4.78, 5) is 24.5. The maximum atomic E-state index is 16.0. The predicted octanol–water partition coefficient (Wildman–Crippen LogP) is 17.1. The first-order chi connectivity index (χ1) is 36.7. The van der Waals surface area contributed by atoms with Crippen molar-refractivity contribution in [2.45, 2.75) is 6.18 Å². The molecule has 0 saturated heterocycles. The Bertz CT molecular complexity index is 3860. The second kappa shape index (κ2) is 19.0. The number of nitrogens with zero attached hydrogens (tertiary/aromatic N) is 7. The van der Waals surface area contributed by atoms with Crippen LogP contribution >= 0.6 is 0 Å². The first kappa shape index (κ1) is 45.8. The Labute approximate surface area is 429 Å². The molecule has 12 rings (SSSR count). The SMILES string of the molecule is [C-]#[N+]c1cccc(-c2ccc3c4ccc(-c5cccc(C#N)c5)cc4n(-c4c(-c5nc(-c6ccccc6)cc(-c6ccccc6)n5)cc(C(F)(F)F)cc4-c4nc(-c5ccccc5)cc(-c5ccccc5)n4)c3c2)c1. The van der Waals surface area contributed by atoms with Gasteiger partial charge in [-0.25, -0.2) is 24.8 Å². The molecule has 0 aliphatic carbocycles. The Hall–Kier alpha value is -10.3. The molecule has 354 valence electrons. The highest BCUT2D eigenvalue weighted by Gasteiger charge is 2.35. The highest BCUT2D eigenvalue weighted by Crippen LogP contribution is 2.46. The van der Waals surface area contributed by atoms with Gasteiger partial charge in [0.2, 0.25) is 0 Å². The predicted molar refractivity (Wildman–Crippen MR) is 291 cm³/mol. The van der Waals surface area contributed by atoms with Gasteiger partial charge in [-0.1, -0.05) is 176 Å².